The fourth-order valence-corrected chi connectivity index (χ4v) is 2.24. The molecule has 1 aliphatic heterocycles. The zero-order chi connectivity index (χ0) is 10.9. The predicted octanol–water partition coefficient (Wildman–Crippen LogP) is 0.927. The molecule has 0 bridgehead atoms. The average molecular weight is 226 g/mol. The van der Waals surface area contributed by atoms with Crippen LogP contribution in [0.2, 0.25) is 0 Å². The number of rotatable bonds is 2. The van der Waals surface area contributed by atoms with Gasteiger partial charge >= 0.3 is 0 Å². The van der Waals surface area contributed by atoms with Gasteiger partial charge in [-0.05, 0) is 33.2 Å². The molecular formula is C9H14N4OS. The summed E-state index contributed by atoms with van der Waals surface area (Å²) in [6.45, 7) is 4.63. The van der Waals surface area contributed by atoms with Crippen LogP contribution in [0.4, 0.5) is 5.13 Å². The molecule has 6 heteroatoms. The minimum absolute atomic E-state index is 0.0175. The summed E-state index contributed by atoms with van der Waals surface area (Å²) in [4.78, 5) is 16.0. The molecule has 5 nitrogen and oxygen atoms in total. The average Bonchev–Trinajstić information content (AvgIpc) is 2.76. The lowest BCUT2D eigenvalue weighted by atomic mass is 10.00. The number of amides is 1. The highest BCUT2D eigenvalue weighted by Gasteiger charge is 2.36. The second kappa shape index (κ2) is 3.86. The summed E-state index contributed by atoms with van der Waals surface area (Å²) in [5.41, 5.74) is -0.445. The molecule has 0 aliphatic carbocycles. The molecule has 0 spiro atoms. The van der Waals surface area contributed by atoms with Gasteiger partial charge in [0.2, 0.25) is 11.0 Å². The van der Waals surface area contributed by atoms with E-state index in [0.717, 1.165) is 19.4 Å². The standard InChI is InChI=1S/C9H14N4OS/c1-6-11-8(15-13-6)12-7(14)9(2)4-3-5-10-9/h10H,3-5H2,1-2H3,(H,11,12,13,14). The second-order valence-corrected chi connectivity index (χ2v) is 4.72. The number of hydrogen-bond donors (Lipinski definition) is 2. The van der Waals surface area contributed by atoms with Crippen molar-refractivity contribution in [1.82, 2.24) is 14.7 Å². The van der Waals surface area contributed by atoms with Gasteiger partial charge in [-0.2, -0.15) is 4.37 Å². The van der Waals surface area contributed by atoms with E-state index in [-0.39, 0.29) is 5.91 Å². The maximum Gasteiger partial charge on any atom is 0.246 e. The van der Waals surface area contributed by atoms with Gasteiger partial charge in [0.25, 0.3) is 0 Å². The topological polar surface area (TPSA) is 66.9 Å². The van der Waals surface area contributed by atoms with Crippen LogP contribution < -0.4 is 10.6 Å². The van der Waals surface area contributed by atoms with Crippen LogP contribution >= 0.6 is 11.5 Å². The lowest BCUT2D eigenvalue weighted by molar-refractivity contribution is -0.121. The first-order chi connectivity index (χ1) is 7.10. The molecule has 1 amide bonds. The number of aromatic nitrogens is 2. The summed E-state index contributed by atoms with van der Waals surface area (Å²) in [7, 11) is 0. The molecule has 2 rings (SSSR count). The fraction of sp³-hybridized carbons (Fsp3) is 0.667. The molecule has 2 heterocycles. The molecular weight excluding hydrogens is 212 g/mol. The molecule has 2 N–H and O–H groups in total. The molecule has 1 saturated heterocycles. The van der Waals surface area contributed by atoms with Crippen LogP contribution in [-0.4, -0.2) is 27.3 Å². The van der Waals surface area contributed by atoms with Crippen molar-refractivity contribution >= 4 is 22.6 Å². The van der Waals surface area contributed by atoms with Crippen molar-refractivity contribution in [2.45, 2.75) is 32.2 Å². The van der Waals surface area contributed by atoms with Gasteiger partial charge < -0.3 is 5.32 Å². The van der Waals surface area contributed by atoms with E-state index in [1.807, 2.05) is 13.8 Å². The first-order valence-corrected chi connectivity index (χ1v) is 5.74. The number of nitrogens with zero attached hydrogens (tertiary/aromatic N) is 2. The van der Waals surface area contributed by atoms with Crippen molar-refractivity contribution < 1.29 is 4.79 Å². The van der Waals surface area contributed by atoms with E-state index in [2.05, 4.69) is 20.0 Å². The van der Waals surface area contributed by atoms with E-state index in [1.165, 1.54) is 11.5 Å². The maximum atomic E-state index is 11.9. The minimum Gasteiger partial charge on any atom is -0.304 e. The van der Waals surface area contributed by atoms with E-state index in [1.54, 1.807) is 0 Å². The van der Waals surface area contributed by atoms with Crippen molar-refractivity contribution in [3.05, 3.63) is 5.82 Å². The van der Waals surface area contributed by atoms with Crippen LogP contribution in [0.25, 0.3) is 0 Å². The minimum atomic E-state index is -0.445. The summed E-state index contributed by atoms with van der Waals surface area (Å²) >= 11 is 1.21. The molecule has 0 saturated carbocycles. The van der Waals surface area contributed by atoms with Crippen LogP contribution in [0.15, 0.2) is 0 Å². The van der Waals surface area contributed by atoms with E-state index < -0.39 is 5.54 Å². The number of carbonyl (C=O) groups excluding carboxylic acids is 1. The summed E-state index contributed by atoms with van der Waals surface area (Å²) in [5.74, 6) is 0.677. The second-order valence-electron chi connectivity index (χ2n) is 3.96. The fourth-order valence-electron chi connectivity index (χ4n) is 1.67. The number of carbonyl (C=O) groups is 1. The Hall–Kier alpha value is -1.01. The molecule has 1 fully saturated rings. The Bertz CT molecular complexity index is 370. The Morgan fingerprint density at radius 2 is 2.47 bits per heavy atom. The Morgan fingerprint density at radius 1 is 1.67 bits per heavy atom. The molecule has 1 atom stereocenters. The van der Waals surface area contributed by atoms with Gasteiger partial charge in [-0.1, -0.05) is 0 Å². The van der Waals surface area contributed by atoms with Gasteiger partial charge in [0, 0.05) is 11.5 Å². The van der Waals surface area contributed by atoms with E-state index in [4.69, 9.17) is 0 Å². The molecule has 0 aromatic carbocycles. The monoisotopic (exact) mass is 226 g/mol. The molecule has 1 unspecified atom stereocenters. The third-order valence-corrected chi connectivity index (χ3v) is 3.34. The summed E-state index contributed by atoms with van der Waals surface area (Å²) in [5, 5.41) is 6.57. The molecule has 15 heavy (non-hydrogen) atoms. The highest BCUT2D eigenvalue weighted by molar-refractivity contribution is 7.09. The lowest BCUT2D eigenvalue weighted by Crippen LogP contribution is -2.47. The van der Waals surface area contributed by atoms with E-state index in [9.17, 15) is 4.79 Å². The van der Waals surface area contributed by atoms with Gasteiger partial charge in [-0.3, -0.25) is 10.1 Å². The zero-order valence-corrected chi connectivity index (χ0v) is 9.65. The number of hydrogen-bond acceptors (Lipinski definition) is 5. The van der Waals surface area contributed by atoms with Crippen LogP contribution in [0.1, 0.15) is 25.6 Å². The Morgan fingerprint density at radius 3 is 3.00 bits per heavy atom. The van der Waals surface area contributed by atoms with Crippen molar-refractivity contribution in [3.8, 4) is 0 Å². The third kappa shape index (κ3) is 2.15. The van der Waals surface area contributed by atoms with Crippen molar-refractivity contribution in [1.29, 1.82) is 0 Å². The van der Waals surface area contributed by atoms with Crippen molar-refractivity contribution in [2.24, 2.45) is 0 Å². The van der Waals surface area contributed by atoms with E-state index >= 15 is 0 Å². The summed E-state index contributed by atoms with van der Waals surface area (Å²) in [6, 6.07) is 0. The van der Waals surface area contributed by atoms with Crippen LogP contribution in [0.5, 0.6) is 0 Å². The zero-order valence-electron chi connectivity index (χ0n) is 8.83. The van der Waals surface area contributed by atoms with Crippen LogP contribution in [0.3, 0.4) is 0 Å². The smallest absolute Gasteiger partial charge is 0.246 e. The summed E-state index contributed by atoms with van der Waals surface area (Å²) < 4.78 is 4.01. The lowest BCUT2D eigenvalue weighted by Gasteiger charge is -2.21. The highest BCUT2D eigenvalue weighted by Crippen LogP contribution is 2.21. The van der Waals surface area contributed by atoms with Gasteiger partial charge in [0.1, 0.15) is 5.82 Å². The molecule has 0 radical (unpaired) electrons. The first-order valence-electron chi connectivity index (χ1n) is 4.97. The number of nitrogens with one attached hydrogen (secondary N) is 2. The number of anilines is 1. The maximum absolute atomic E-state index is 11.9. The molecule has 1 aliphatic rings. The largest absolute Gasteiger partial charge is 0.304 e. The van der Waals surface area contributed by atoms with Crippen molar-refractivity contribution in [3.63, 3.8) is 0 Å². The third-order valence-electron chi connectivity index (χ3n) is 2.62. The Labute approximate surface area is 92.5 Å². The van der Waals surface area contributed by atoms with Gasteiger partial charge in [-0.15, -0.1) is 0 Å². The van der Waals surface area contributed by atoms with Crippen LogP contribution in [0, 0.1) is 6.92 Å². The quantitative estimate of drug-likeness (QED) is 0.787. The number of aryl methyl sites for hydroxylation is 1. The SMILES string of the molecule is Cc1nsc(NC(=O)C2(C)CCCN2)n1. The van der Waals surface area contributed by atoms with Gasteiger partial charge in [0.05, 0.1) is 5.54 Å². The van der Waals surface area contributed by atoms with Crippen molar-refractivity contribution in [2.75, 3.05) is 11.9 Å². The summed E-state index contributed by atoms with van der Waals surface area (Å²) in [6.07, 6.45) is 1.91. The van der Waals surface area contributed by atoms with Gasteiger partial charge in [0.15, 0.2) is 0 Å². The van der Waals surface area contributed by atoms with E-state index in [0.29, 0.717) is 11.0 Å². The molecule has 1 aromatic rings. The van der Waals surface area contributed by atoms with Gasteiger partial charge in [-0.25, -0.2) is 4.98 Å². The van der Waals surface area contributed by atoms with Crippen LogP contribution in [-0.2, 0) is 4.79 Å². The normalized spacial score (nSPS) is 25.5. The first kappa shape index (κ1) is 10.5. The Balaban J connectivity index is 2.03. The molecule has 1 aromatic heterocycles. The Kier molecular flexibility index (Phi) is 2.70. The predicted molar refractivity (Wildman–Crippen MR) is 58.9 cm³/mol. The molecule has 82 valence electrons. The highest BCUT2D eigenvalue weighted by atomic mass is 32.1.